The highest BCUT2D eigenvalue weighted by molar-refractivity contribution is 6.31. The lowest BCUT2D eigenvalue weighted by Gasteiger charge is -2.04. The van der Waals surface area contributed by atoms with Crippen LogP contribution in [0.15, 0.2) is 42.5 Å². The Morgan fingerprint density at radius 2 is 1.88 bits per heavy atom. The fourth-order valence-electron chi connectivity index (χ4n) is 2.18. The standard InChI is InChI=1S/C17H13Cl2N3O2/c1-9-6-16(23)12(7-13(9)19)14-8-15(22-21-14)17(24)20-11-4-2-10(18)3-5-11/h2-8,23H,1H3,(H,20,24)(H,21,22). The quantitative estimate of drug-likeness (QED) is 0.635. The third kappa shape index (κ3) is 3.37. The number of phenols is 1. The number of amides is 1. The number of halogens is 2. The molecule has 0 saturated carbocycles. The second-order valence-corrected chi connectivity index (χ2v) is 6.09. The van der Waals surface area contributed by atoms with E-state index in [1.165, 1.54) is 0 Å². The largest absolute Gasteiger partial charge is 0.507 e. The number of aromatic amines is 1. The zero-order chi connectivity index (χ0) is 17.3. The first-order chi connectivity index (χ1) is 11.4. The predicted octanol–water partition coefficient (Wildman–Crippen LogP) is 4.65. The number of carbonyl (C=O) groups excluding carboxylic acids is 1. The van der Waals surface area contributed by atoms with E-state index in [9.17, 15) is 9.90 Å². The Labute approximate surface area is 148 Å². The molecular weight excluding hydrogens is 349 g/mol. The summed E-state index contributed by atoms with van der Waals surface area (Å²) in [5.41, 5.74) is 2.51. The molecule has 0 aliphatic rings. The van der Waals surface area contributed by atoms with Crippen LogP contribution in [0.2, 0.25) is 10.0 Å². The Kier molecular flexibility index (Phi) is 4.46. The second-order valence-electron chi connectivity index (χ2n) is 5.25. The zero-order valence-electron chi connectivity index (χ0n) is 12.6. The van der Waals surface area contributed by atoms with Crippen LogP contribution in [0.1, 0.15) is 16.1 Å². The van der Waals surface area contributed by atoms with Crippen molar-refractivity contribution in [3.05, 3.63) is 63.8 Å². The van der Waals surface area contributed by atoms with Gasteiger partial charge >= 0.3 is 0 Å². The normalized spacial score (nSPS) is 10.6. The van der Waals surface area contributed by atoms with Crippen molar-refractivity contribution in [2.24, 2.45) is 0 Å². The lowest BCUT2D eigenvalue weighted by atomic mass is 10.1. The first kappa shape index (κ1) is 16.4. The van der Waals surface area contributed by atoms with Crippen LogP contribution in [0.25, 0.3) is 11.3 Å². The van der Waals surface area contributed by atoms with Crippen LogP contribution in [0.4, 0.5) is 5.69 Å². The Morgan fingerprint density at radius 3 is 2.58 bits per heavy atom. The van der Waals surface area contributed by atoms with E-state index in [4.69, 9.17) is 23.2 Å². The van der Waals surface area contributed by atoms with Crippen LogP contribution in [0.5, 0.6) is 5.75 Å². The van der Waals surface area contributed by atoms with Crippen molar-refractivity contribution in [3.63, 3.8) is 0 Å². The molecule has 0 unspecified atom stereocenters. The van der Waals surface area contributed by atoms with Gasteiger partial charge in [-0.1, -0.05) is 23.2 Å². The molecule has 122 valence electrons. The lowest BCUT2D eigenvalue weighted by molar-refractivity contribution is 0.102. The SMILES string of the molecule is Cc1cc(O)c(-c2cc(C(=O)Nc3ccc(Cl)cc3)[nH]n2)cc1Cl. The van der Waals surface area contributed by atoms with Crippen LogP contribution in [0, 0.1) is 6.92 Å². The van der Waals surface area contributed by atoms with E-state index in [2.05, 4.69) is 15.5 Å². The molecule has 0 spiro atoms. The molecule has 24 heavy (non-hydrogen) atoms. The summed E-state index contributed by atoms with van der Waals surface area (Å²) in [6.07, 6.45) is 0. The van der Waals surface area contributed by atoms with Gasteiger partial charge in [-0.15, -0.1) is 0 Å². The van der Waals surface area contributed by atoms with Gasteiger partial charge < -0.3 is 10.4 Å². The van der Waals surface area contributed by atoms with Gasteiger partial charge in [0.25, 0.3) is 5.91 Å². The molecule has 2 aromatic carbocycles. The van der Waals surface area contributed by atoms with Gasteiger partial charge in [0.2, 0.25) is 0 Å². The number of carbonyl (C=O) groups is 1. The van der Waals surface area contributed by atoms with Gasteiger partial charge in [-0.05, 0) is 55.0 Å². The summed E-state index contributed by atoms with van der Waals surface area (Å²) in [4.78, 5) is 12.2. The summed E-state index contributed by atoms with van der Waals surface area (Å²) in [6.45, 7) is 1.79. The van der Waals surface area contributed by atoms with Crippen LogP contribution in [-0.2, 0) is 0 Å². The van der Waals surface area contributed by atoms with Crippen LogP contribution in [-0.4, -0.2) is 21.2 Å². The first-order valence-electron chi connectivity index (χ1n) is 7.06. The number of nitrogens with zero attached hydrogens (tertiary/aromatic N) is 1. The highest BCUT2D eigenvalue weighted by atomic mass is 35.5. The Balaban J connectivity index is 1.84. The Bertz CT molecular complexity index is 905. The molecule has 0 fully saturated rings. The van der Waals surface area contributed by atoms with Crippen LogP contribution >= 0.6 is 23.2 Å². The number of aryl methyl sites for hydroxylation is 1. The molecule has 0 aliphatic heterocycles. The molecule has 5 nitrogen and oxygen atoms in total. The van der Waals surface area contributed by atoms with Gasteiger partial charge in [0.05, 0.1) is 5.69 Å². The number of anilines is 1. The molecule has 0 saturated heterocycles. The van der Waals surface area contributed by atoms with E-state index in [0.717, 1.165) is 5.56 Å². The number of nitrogens with one attached hydrogen (secondary N) is 2. The maximum atomic E-state index is 12.2. The molecule has 0 atom stereocenters. The summed E-state index contributed by atoms with van der Waals surface area (Å²) >= 11 is 11.9. The average Bonchev–Trinajstić information content (AvgIpc) is 3.03. The monoisotopic (exact) mass is 361 g/mol. The highest BCUT2D eigenvalue weighted by Gasteiger charge is 2.15. The van der Waals surface area contributed by atoms with E-state index < -0.39 is 0 Å². The summed E-state index contributed by atoms with van der Waals surface area (Å²) < 4.78 is 0. The first-order valence-corrected chi connectivity index (χ1v) is 7.81. The molecule has 3 aromatic rings. The molecule has 1 aromatic heterocycles. The third-order valence-corrected chi connectivity index (χ3v) is 4.14. The number of benzene rings is 2. The zero-order valence-corrected chi connectivity index (χ0v) is 14.1. The van der Waals surface area contributed by atoms with E-state index in [0.29, 0.717) is 27.0 Å². The van der Waals surface area contributed by atoms with Crippen molar-refractivity contribution in [2.75, 3.05) is 5.32 Å². The van der Waals surface area contributed by atoms with Crippen molar-refractivity contribution in [1.82, 2.24) is 10.2 Å². The molecule has 1 amide bonds. The third-order valence-electron chi connectivity index (χ3n) is 3.48. The molecule has 0 bridgehead atoms. The number of aromatic hydroxyl groups is 1. The molecule has 0 aliphatic carbocycles. The van der Waals surface area contributed by atoms with Crippen molar-refractivity contribution in [2.45, 2.75) is 6.92 Å². The molecule has 0 radical (unpaired) electrons. The van der Waals surface area contributed by atoms with E-state index in [1.807, 2.05) is 0 Å². The molecule has 7 heteroatoms. The van der Waals surface area contributed by atoms with Gasteiger partial charge in [-0.2, -0.15) is 5.10 Å². The van der Waals surface area contributed by atoms with E-state index in [1.54, 1.807) is 49.4 Å². The topological polar surface area (TPSA) is 78.0 Å². The Hall–Kier alpha value is -2.50. The smallest absolute Gasteiger partial charge is 0.273 e. The number of hydrogen-bond donors (Lipinski definition) is 3. The van der Waals surface area contributed by atoms with Gasteiger partial charge in [-0.25, -0.2) is 0 Å². The second kappa shape index (κ2) is 6.55. The minimum absolute atomic E-state index is 0.0491. The fourth-order valence-corrected chi connectivity index (χ4v) is 2.47. The van der Waals surface area contributed by atoms with Crippen LogP contribution in [0.3, 0.4) is 0 Å². The molecule has 1 heterocycles. The maximum absolute atomic E-state index is 12.2. The van der Waals surface area contributed by atoms with Gasteiger partial charge in [0.1, 0.15) is 11.4 Å². The molecular formula is C17H13Cl2N3O2. The minimum atomic E-state index is -0.353. The number of phenolic OH excluding ortho intramolecular Hbond substituents is 1. The highest BCUT2D eigenvalue weighted by Crippen LogP contribution is 2.33. The predicted molar refractivity (Wildman–Crippen MR) is 94.8 cm³/mol. The average molecular weight is 362 g/mol. The number of aromatic nitrogens is 2. The van der Waals surface area contributed by atoms with Crippen molar-refractivity contribution in [3.8, 4) is 17.0 Å². The van der Waals surface area contributed by atoms with Gasteiger partial charge in [0, 0.05) is 21.3 Å². The van der Waals surface area contributed by atoms with Crippen LogP contribution < -0.4 is 5.32 Å². The molecule has 3 rings (SSSR count). The van der Waals surface area contributed by atoms with E-state index in [-0.39, 0.29) is 17.4 Å². The van der Waals surface area contributed by atoms with Gasteiger partial charge in [-0.3, -0.25) is 9.89 Å². The molecule has 3 N–H and O–H groups in total. The number of H-pyrrole nitrogens is 1. The van der Waals surface area contributed by atoms with Crippen molar-refractivity contribution >= 4 is 34.8 Å². The van der Waals surface area contributed by atoms with Crippen molar-refractivity contribution in [1.29, 1.82) is 0 Å². The number of rotatable bonds is 3. The summed E-state index contributed by atoms with van der Waals surface area (Å²) in [6, 6.07) is 11.5. The lowest BCUT2D eigenvalue weighted by Crippen LogP contribution is -2.12. The number of hydrogen-bond acceptors (Lipinski definition) is 3. The fraction of sp³-hybridized carbons (Fsp3) is 0.0588. The van der Waals surface area contributed by atoms with Crippen molar-refractivity contribution < 1.29 is 9.90 Å². The van der Waals surface area contributed by atoms with Gasteiger partial charge in [0.15, 0.2) is 0 Å². The summed E-state index contributed by atoms with van der Waals surface area (Å²) in [5, 5.41) is 20.6. The summed E-state index contributed by atoms with van der Waals surface area (Å²) in [7, 11) is 0. The maximum Gasteiger partial charge on any atom is 0.273 e. The van der Waals surface area contributed by atoms with E-state index >= 15 is 0 Å². The Morgan fingerprint density at radius 1 is 1.17 bits per heavy atom. The minimum Gasteiger partial charge on any atom is -0.507 e. The summed E-state index contributed by atoms with van der Waals surface area (Å²) in [5.74, 6) is -0.304.